The molecule has 0 aromatic heterocycles. The molecule has 0 heterocycles. The van der Waals surface area contributed by atoms with Gasteiger partial charge in [0.2, 0.25) is 0 Å². The molecular formula is C13H17P. The Bertz CT molecular complexity index is 327. The molecule has 1 heteroatoms. The SMILES string of the molecule is C=C/C(=C\C=C/C)C1=CC=C(P)CC1. The molecule has 0 aliphatic heterocycles. The van der Waals surface area contributed by atoms with Crippen molar-refractivity contribution in [1.82, 2.24) is 0 Å². The van der Waals surface area contributed by atoms with Crippen molar-refractivity contribution < 1.29 is 0 Å². The average Bonchev–Trinajstić information content (AvgIpc) is 2.21. The third-order valence-corrected chi connectivity index (χ3v) is 2.72. The second-order valence-electron chi connectivity index (χ2n) is 3.29. The van der Waals surface area contributed by atoms with Gasteiger partial charge >= 0.3 is 0 Å². The lowest BCUT2D eigenvalue weighted by molar-refractivity contribution is 0.965. The minimum Gasteiger partial charge on any atom is -0.110 e. The molecule has 1 aliphatic carbocycles. The van der Waals surface area contributed by atoms with Gasteiger partial charge in [0, 0.05) is 0 Å². The maximum absolute atomic E-state index is 3.84. The van der Waals surface area contributed by atoms with Gasteiger partial charge in [-0.3, -0.25) is 0 Å². The Kier molecular flexibility index (Phi) is 4.62. The highest BCUT2D eigenvalue weighted by Gasteiger charge is 2.05. The molecule has 1 atom stereocenters. The molecular weight excluding hydrogens is 187 g/mol. The summed E-state index contributed by atoms with van der Waals surface area (Å²) in [5, 5.41) is 1.38. The number of hydrogen-bond donors (Lipinski definition) is 0. The van der Waals surface area contributed by atoms with Gasteiger partial charge in [0.25, 0.3) is 0 Å². The van der Waals surface area contributed by atoms with Crippen LogP contribution in [0, 0.1) is 0 Å². The maximum atomic E-state index is 3.84. The summed E-state index contributed by atoms with van der Waals surface area (Å²) in [6.07, 6.45) is 14.7. The van der Waals surface area contributed by atoms with Crippen molar-refractivity contribution in [3.63, 3.8) is 0 Å². The first kappa shape index (κ1) is 11.2. The predicted molar refractivity (Wildman–Crippen MR) is 68.2 cm³/mol. The van der Waals surface area contributed by atoms with Crippen molar-refractivity contribution in [2.75, 3.05) is 0 Å². The minimum absolute atomic E-state index is 1.12. The van der Waals surface area contributed by atoms with Crippen LogP contribution in [0.15, 0.2) is 59.5 Å². The highest BCUT2D eigenvalue weighted by Crippen LogP contribution is 2.27. The average molecular weight is 204 g/mol. The zero-order valence-electron chi connectivity index (χ0n) is 8.66. The molecule has 0 aromatic rings. The zero-order chi connectivity index (χ0) is 10.4. The largest absolute Gasteiger partial charge is 0.110 e. The lowest BCUT2D eigenvalue weighted by Crippen LogP contribution is -1.91. The van der Waals surface area contributed by atoms with Crippen molar-refractivity contribution in [2.45, 2.75) is 19.8 Å². The topological polar surface area (TPSA) is 0 Å². The van der Waals surface area contributed by atoms with E-state index in [4.69, 9.17) is 0 Å². The summed E-state index contributed by atoms with van der Waals surface area (Å²) in [4.78, 5) is 0. The van der Waals surface area contributed by atoms with Crippen LogP contribution in [-0.4, -0.2) is 0 Å². The van der Waals surface area contributed by atoms with Crippen LogP contribution in [0.5, 0.6) is 0 Å². The van der Waals surface area contributed by atoms with Gasteiger partial charge in [-0.25, -0.2) is 0 Å². The van der Waals surface area contributed by atoms with Crippen LogP contribution < -0.4 is 0 Å². The Balaban J connectivity index is 2.86. The first-order valence-corrected chi connectivity index (χ1v) is 5.46. The summed E-state index contributed by atoms with van der Waals surface area (Å²) >= 11 is 0. The van der Waals surface area contributed by atoms with E-state index in [1.807, 2.05) is 19.1 Å². The van der Waals surface area contributed by atoms with Crippen LogP contribution in [0.3, 0.4) is 0 Å². The lowest BCUT2D eigenvalue weighted by atomic mass is 9.97. The Morgan fingerprint density at radius 2 is 2.21 bits per heavy atom. The summed E-state index contributed by atoms with van der Waals surface area (Å²) in [5.74, 6) is 0. The van der Waals surface area contributed by atoms with E-state index in [-0.39, 0.29) is 0 Å². The smallest absolute Gasteiger partial charge is 0.0230 e. The first-order chi connectivity index (χ1) is 6.77. The first-order valence-electron chi connectivity index (χ1n) is 4.89. The fourth-order valence-electron chi connectivity index (χ4n) is 1.40. The fraction of sp³-hybridized carbons (Fsp3) is 0.231. The van der Waals surface area contributed by atoms with Gasteiger partial charge in [-0.15, -0.1) is 9.24 Å². The highest BCUT2D eigenvalue weighted by molar-refractivity contribution is 7.22. The van der Waals surface area contributed by atoms with Gasteiger partial charge in [0.1, 0.15) is 0 Å². The lowest BCUT2D eigenvalue weighted by Gasteiger charge is -2.12. The Labute approximate surface area is 89.0 Å². The third-order valence-electron chi connectivity index (χ3n) is 2.24. The molecule has 0 radical (unpaired) electrons. The van der Waals surface area contributed by atoms with Crippen molar-refractivity contribution in [3.05, 3.63) is 59.5 Å². The van der Waals surface area contributed by atoms with Crippen molar-refractivity contribution in [1.29, 1.82) is 0 Å². The van der Waals surface area contributed by atoms with Crippen LogP contribution in [0.2, 0.25) is 0 Å². The van der Waals surface area contributed by atoms with E-state index in [1.165, 1.54) is 16.5 Å². The summed E-state index contributed by atoms with van der Waals surface area (Å²) in [6.45, 7) is 5.86. The molecule has 1 aliphatic rings. The number of allylic oxidation sites excluding steroid dienone is 9. The van der Waals surface area contributed by atoms with Gasteiger partial charge in [0.05, 0.1) is 0 Å². The molecule has 14 heavy (non-hydrogen) atoms. The van der Waals surface area contributed by atoms with E-state index in [0.29, 0.717) is 0 Å². The maximum Gasteiger partial charge on any atom is -0.0230 e. The zero-order valence-corrected chi connectivity index (χ0v) is 9.82. The van der Waals surface area contributed by atoms with E-state index < -0.39 is 0 Å². The van der Waals surface area contributed by atoms with Crippen LogP contribution in [0.4, 0.5) is 0 Å². The summed E-state index contributed by atoms with van der Waals surface area (Å²) in [5.41, 5.74) is 2.61. The summed E-state index contributed by atoms with van der Waals surface area (Å²) < 4.78 is 0. The summed E-state index contributed by atoms with van der Waals surface area (Å²) in [6, 6.07) is 0. The van der Waals surface area contributed by atoms with Crippen LogP contribution in [-0.2, 0) is 0 Å². The van der Waals surface area contributed by atoms with Crippen LogP contribution in [0.25, 0.3) is 0 Å². The molecule has 0 saturated carbocycles. The molecule has 0 spiro atoms. The summed E-state index contributed by atoms with van der Waals surface area (Å²) in [7, 11) is 2.76. The molecule has 0 amide bonds. The predicted octanol–water partition coefficient (Wildman–Crippen LogP) is 4.15. The standard InChI is InChI=1S/C13H17P/c1-3-5-6-11(4-2)12-7-9-13(14)10-8-12/h3-7,9H,2,8,10,14H2,1H3/b5-3-,11-6+. The van der Waals surface area contributed by atoms with E-state index in [0.717, 1.165) is 12.8 Å². The van der Waals surface area contributed by atoms with Gasteiger partial charge in [-0.05, 0) is 30.9 Å². The molecule has 0 bridgehead atoms. The molecule has 0 fully saturated rings. The monoisotopic (exact) mass is 204 g/mol. The van der Waals surface area contributed by atoms with Crippen LogP contribution in [0.1, 0.15) is 19.8 Å². The number of rotatable bonds is 3. The molecule has 74 valence electrons. The van der Waals surface area contributed by atoms with E-state index in [2.05, 4.69) is 40.1 Å². The Morgan fingerprint density at radius 1 is 1.43 bits per heavy atom. The molecule has 1 unspecified atom stereocenters. The van der Waals surface area contributed by atoms with E-state index in [1.54, 1.807) is 0 Å². The van der Waals surface area contributed by atoms with Gasteiger partial charge < -0.3 is 0 Å². The highest BCUT2D eigenvalue weighted by atomic mass is 31.0. The quantitative estimate of drug-likeness (QED) is 0.478. The second-order valence-corrected chi connectivity index (χ2v) is 4.03. The van der Waals surface area contributed by atoms with E-state index >= 15 is 0 Å². The van der Waals surface area contributed by atoms with Gasteiger partial charge in [-0.1, -0.05) is 48.3 Å². The molecule has 0 N–H and O–H groups in total. The van der Waals surface area contributed by atoms with Crippen molar-refractivity contribution in [2.24, 2.45) is 0 Å². The van der Waals surface area contributed by atoms with Crippen LogP contribution >= 0.6 is 9.24 Å². The molecule has 1 rings (SSSR count). The van der Waals surface area contributed by atoms with Crippen molar-refractivity contribution in [3.8, 4) is 0 Å². The molecule has 0 nitrogen and oxygen atoms in total. The second kappa shape index (κ2) is 5.78. The Hall–Kier alpha value is -0.870. The molecule has 0 saturated heterocycles. The Morgan fingerprint density at radius 3 is 2.71 bits per heavy atom. The normalized spacial score (nSPS) is 18.0. The van der Waals surface area contributed by atoms with Gasteiger partial charge in [-0.2, -0.15) is 0 Å². The van der Waals surface area contributed by atoms with Gasteiger partial charge in [0.15, 0.2) is 0 Å². The third kappa shape index (κ3) is 3.12. The minimum atomic E-state index is 1.12. The molecule has 0 aromatic carbocycles. The number of hydrogen-bond acceptors (Lipinski definition) is 0. The van der Waals surface area contributed by atoms with E-state index in [9.17, 15) is 0 Å². The van der Waals surface area contributed by atoms with Crippen molar-refractivity contribution >= 4 is 9.24 Å². The fourth-order valence-corrected chi connectivity index (χ4v) is 1.64.